The molecule has 0 saturated heterocycles. The molecule has 9 nitrogen and oxygen atoms in total. The third-order valence-electron chi connectivity index (χ3n) is 3.91. The quantitative estimate of drug-likeness (QED) is 0.427. The van der Waals surface area contributed by atoms with Gasteiger partial charge < -0.3 is 4.42 Å². The molecule has 28 heavy (non-hydrogen) atoms. The van der Waals surface area contributed by atoms with Gasteiger partial charge in [0.05, 0.1) is 9.85 Å². The number of aromatic nitrogens is 2. The number of non-ortho nitro benzene ring substituents is 1. The molecule has 0 spiro atoms. The lowest BCUT2D eigenvalue weighted by Crippen LogP contribution is -1.94. The normalized spacial score (nSPS) is 11.4. The largest absolute Gasteiger partial charge is 0.415 e. The lowest BCUT2D eigenvalue weighted by Gasteiger charge is -2.01. The van der Waals surface area contributed by atoms with Crippen LogP contribution in [0.25, 0.3) is 22.6 Å². The summed E-state index contributed by atoms with van der Waals surface area (Å²) in [5, 5.41) is 29.8. The molecule has 3 aromatic rings. The van der Waals surface area contributed by atoms with Crippen molar-refractivity contribution >= 4 is 34.1 Å². The maximum Gasteiger partial charge on any atom is 0.273 e. The van der Waals surface area contributed by atoms with Crippen LogP contribution in [0, 0.1) is 20.2 Å². The average molecular weight is 401 g/mol. The lowest BCUT2D eigenvalue weighted by atomic mass is 10.1. The predicted molar refractivity (Wildman–Crippen MR) is 103 cm³/mol. The molecule has 1 aromatic heterocycles. The zero-order chi connectivity index (χ0) is 20.3. The van der Waals surface area contributed by atoms with Gasteiger partial charge in [-0.3, -0.25) is 20.2 Å². The van der Waals surface area contributed by atoms with Gasteiger partial charge >= 0.3 is 0 Å². The zero-order valence-electron chi connectivity index (χ0n) is 14.5. The zero-order valence-corrected chi connectivity index (χ0v) is 15.3. The van der Waals surface area contributed by atoms with Crippen LogP contribution in [0.5, 0.6) is 0 Å². The number of nitro groups is 2. The second-order valence-corrected chi connectivity index (χ2v) is 6.12. The van der Waals surface area contributed by atoms with Gasteiger partial charge in [-0.05, 0) is 24.1 Å². The first kappa shape index (κ1) is 19.2. The van der Waals surface area contributed by atoms with E-state index in [9.17, 15) is 20.2 Å². The number of nitrogens with zero attached hydrogens (tertiary/aromatic N) is 4. The summed E-state index contributed by atoms with van der Waals surface area (Å²) in [7, 11) is 0. The first-order valence-electron chi connectivity index (χ1n) is 8.12. The van der Waals surface area contributed by atoms with Gasteiger partial charge in [-0.1, -0.05) is 36.7 Å². The molecule has 0 bridgehead atoms. The summed E-state index contributed by atoms with van der Waals surface area (Å²) in [5.41, 5.74) is 1.39. The highest BCUT2D eigenvalue weighted by atomic mass is 35.5. The van der Waals surface area contributed by atoms with E-state index in [1.54, 1.807) is 18.2 Å². The number of rotatable bonds is 6. The molecule has 10 heteroatoms. The Morgan fingerprint density at radius 1 is 1.14 bits per heavy atom. The highest BCUT2D eigenvalue weighted by Gasteiger charge is 2.16. The summed E-state index contributed by atoms with van der Waals surface area (Å²) in [6, 6.07) is 10.5. The van der Waals surface area contributed by atoms with Crippen LogP contribution < -0.4 is 0 Å². The Balaban J connectivity index is 1.91. The highest BCUT2D eigenvalue weighted by molar-refractivity contribution is 6.50. The van der Waals surface area contributed by atoms with Crippen molar-refractivity contribution in [1.29, 1.82) is 0 Å². The number of hydrogen-bond donors (Lipinski definition) is 0. The molecule has 0 aliphatic heterocycles. The SMILES string of the molecule is CCc1ccc(/C=C(\Cl)c2nnc(-c3cccc([N+](=O)[O-])c3)o2)cc1[N+](=O)[O-]. The van der Waals surface area contributed by atoms with Crippen molar-refractivity contribution in [3.8, 4) is 11.5 Å². The molecule has 0 saturated carbocycles. The molecule has 2 aromatic carbocycles. The van der Waals surface area contributed by atoms with Crippen LogP contribution in [0.1, 0.15) is 23.9 Å². The monoisotopic (exact) mass is 400 g/mol. The Morgan fingerprint density at radius 3 is 2.61 bits per heavy atom. The molecule has 0 N–H and O–H groups in total. The fraction of sp³-hybridized carbons (Fsp3) is 0.111. The lowest BCUT2D eigenvalue weighted by molar-refractivity contribution is -0.385. The van der Waals surface area contributed by atoms with E-state index >= 15 is 0 Å². The van der Waals surface area contributed by atoms with Crippen molar-refractivity contribution in [2.45, 2.75) is 13.3 Å². The average Bonchev–Trinajstić information content (AvgIpc) is 3.18. The Bertz CT molecular complexity index is 1090. The molecule has 0 aliphatic carbocycles. The Labute approximate surface area is 163 Å². The summed E-state index contributed by atoms with van der Waals surface area (Å²) in [6.45, 7) is 1.83. The minimum Gasteiger partial charge on any atom is -0.415 e. The van der Waals surface area contributed by atoms with Crippen molar-refractivity contribution < 1.29 is 14.3 Å². The molecule has 0 amide bonds. The number of hydrogen-bond acceptors (Lipinski definition) is 7. The van der Waals surface area contributed by atoms with Gasteiger partial charge in [0.15, 0.2) is 0 Å². The standard InChI is InChI=1S/C18H13ClN4O5/c1-2-12-7-6-11(9-16(12)23(26)27)8-15(19)18-21-20-17(28-18)13-4-3-5-14(10-13)22(24)25/h3-10H,2H2,1H3/b15-8-. The molecule has 0 unspecified atom stereocenters. The van der Waals surface area contributed by atoms with Crippen LogP contribution >= 0.6 is 11.6 Å². The van der Waals surface area contributed by atoms with Crippen LogP contribution in [0.2, 0.25) is 0 Å². The molecule has 0 atom stereocenters. The van der Waals surface area contributed by atoms with Crippen molar-refractivity contribution in [2.24, 2.45) is 0 Å². The second kappa shape index (κ2) is 7.97. The van der Waals surface area contributed by atoms with E-state index in [1.165, 1.54) is 30.3 Å². The summed E-state index contributed by atoms with van der Waals surface area (Å²) >= 11 is 6.22. The Hall–Kier alpha value is -3.59. The second-order valence-electron chi connectivity index (χ2n) is 5.71. The summed E-state index contributed by atoms with van der Waals surface area (Å²) in [4.78, 5) is 21.1. The van der Waals surface area contributed by atoms with Gasteiger partial charge in [-0.25, -0.2) is 0 Å². The van der Waals surface area contributed by atoms with Crippen LogP contribution in [-0.4, -0.2) is 20.0 Å². The van der Waals surface area contributed by atoms with Crippen molar-refractivity contribution in [1.82, 2.24) is 10.2 Å². The van der Waals surface area contributed by atoms with Crippen LogP contribution in [-0.2, 0) is 6.42 Å². The smallest absolute Gasteiger partial charge is 0.273 e. The third kappa shape index (κ3) is 4.04. The molecule has 0 radical (unpaired) electrons. The number of halogens is 1. The fourth-order valence-corrected chi connectivity index (χ4v) is 2.74. The molecular weight excluding hydrogens is 388 g/mol. The van der Waals surface area contributed by atoms with E-state index < -0.39 is 9.85 Å². The van der Waals surface area contributed by atoms with Gasteiger partial charge in [0.25, 0.3) is 17.3 Å². The topological polar surface area (TPSA) is 125 Å². The highest BCUT2D eigenvalue weighted by Crippen LogP contribution is 2.28. The fourth-order valence-electron chi connectivity index (χ4n) is 2.54. The summed E-state index contributed by atoms with van der Waals surface area (Å²) in [5.74, 6) is 0.0583. The van der Waals surface area contributed by atoms with E-state index in [0.717, 1.165) is 0 Å². The first-order valence-corrected chi connectivity index (χ1v) is 8.50. The van der Waals surface area contributed by atoms with Crippen molar-refractivity contribution in [3.63, 3.8) is 0 Å². The Morgan fingerprint density at radius 2 is 1.93 bits per heavy atom. The summed E-state index contributed by atoms with van der Waals surface area (Å²) < 4.78 is 5.48. The maximum absolute atomic E-state index is 11.2. The molecule has 3 rings (SSSR count). The van der Waals surface area contributed by atoms with E-state index in [2.05, 4.69) is 10.2 Å². The molecule has 0 fully saturated rings. The van der Waals surface area contributed by atoms with Gasteiger partial charge in [0, 0.05) is 29.3 Å². The van der Waals surface area contributed by atoms with E-state index in [4.69, 9.17) is 16.0 Å². The van der Waals surface area contributed by atoms with Crippen LogP contribution in [0.3, 0.4) is 0 Å². The van der Waals surface area contributed by atoms with Gasteiger partial charge in [-0.2, -0.15) is 0 Å². The minimum atomic E-state index is -0.527. The number of benzene rings is 2. The van der Waals surface area contributed by atoms with Gasteiger partial charge in [0.2, 0.25) is 5.89 Å². The predicted octanol–water partition coefficient (Wildman–Crippen LogP) is 4.85. The molecule has 142 valence electrons. The summed E-state index contributed by atoms with van der Waals surface area (Å²) in [6.07, 6.45) is 2.00. The molecule has 1 heterocycles. The van der Waals surface area contributed by atoms with Crippen molar-refractivity contribution in [3.05, 3.63) is 79.7 Å². The number of nitro benzene ring substituents is 2. The minimum absolute atomic E-state index is 0.00327. The van der Waals surface area contributed by atoms with E-state index in [-0.39, 0.29) is 28.2 Å². The maximum atomic E-state index is 11.2. The number of aryl methyl sites for hydroxylation is 1. The van der Waals surface area contributed by atoms with Gasteiger partial charge in [0.1, 0.15) is 5.03 Å². The van der Waals surface area contributed by atoms with E-state index in [0.29, 0.717) is 23.1 Å². The first-order chi connectivity index (χ1) is 13.4. The van der Waals surface area contributed by atoms with Crippen LogP contribution in [0.4, 0.5) is 11.4 Å². The molecule has 0 aliphatic rings. The van der Waals surface area contributed by atoms with Crippen molar-refractivity contribution in [2.75, 3.05) is 0 Å². The Kier molecular flexibility index (Phi) is 5.46. The third-order valence-corrected chi connectivity index (χ3v) is 4.18. The van der Waals surface area contributed by atoms with Crippen LogP contribution in [0.15, 0.2) is 46.9 Å². The van der Waals surface area contributed by atoms with Gasteiger partial charge in [-0.15, -0.1) is 10.2 Å². The van der Waals surface area contributed by atoms with E-state index in [1.807, 2.05) is 6.92 Å². The molecular formula is C18H13ClN4O5.